The molecule has 3 aromatic carbocycles. The smallest absolute Gasteiger partial charge is 0.330 e. The van der Waals surface area contributed by atoms with Gasteiger partial charge in [-0.25, -0.2) is 4.79 Å². The number of amides is 1. The van der Waals surface area contributed by atoms with Crippen LogP contribution >= 0.6 is 0 Å². The Morgan fingerprint density at radius 2 is 1.55 bits per heavy atom. The molecule has 0 heterocycles. The van der Waals surface area contributed by atoms with Crippen LogP contribution in [0.15, 0.2) is 72.8 Å². The Bertz CT molecular complexity index is 1050. The zero-order valence-corrected chi connectivity index (χ0v) is 16.3. The van der Waals surface area contributed by atoms with E-state index in [1.54, 1.807) is 6.07 Å². The van der Waals surface area contributed by atoms with Crippen molar-refractivity contribution in [2.45, 2.75) is 31.7 Å². The lowest BCUT2D eigenvalue weighted by Gasteiger charge is -2.25. The van der Waals surface area contributed by atoms with Gasteiger partial charge in [-0.1, -0.05) is 67.6 Å². The molecule has 0 atom stereocenters. The number of nitrogens with one attached hydrogen (secondary N) is 1. The molecule has 2 N–H and O–H groups in total. The lowest BCUT2D eigenvalue weighted by molar-refractivity contribution is -0.144. The molecule has 3 aromatic rings. The van der Waals surface area contributed by atoms with E-state index in [4.69, 9.17) is 0 Å². The Labute approximate surface area is 170 Å². The van der Waals surface area contributed by atoms with E-state index in [0.29, 0.717) is 18.4 Å². The highest BCUT2D eigenvalue weighted by molar-refractivity contribution is 5.99. The topological polar surface area (TPSA) is 66.4 Å². The molecule has 1 amide bonds. The van der Waals surface area contributed by atoms with Crippen molar-refractivity contribution in [3.8, 4) is 11.1 Å². The number of aliphatic carboxylic acids is 1. The molecule has 1 aliphatic carbocycles. The fourth-order valence-electron chi connectivity index (χ4n) is 4.12. The monoisotopic (exact) mass is 385 g/mol. The summed E-state index contributed by atoms with van der Waals surface area (Å²) in [6.07, 6.45) is 1.38. The van der Waals surface area contributed by atoms with Crippen LogP contribution in [0.25, 0.3) is 11.1 Å². The van der Waals surface area contributed by atoms with Gasteiger partial charge in [-0.3, -0.25) is 4.79 Å². The van der Waals surface area contributed by atoms with Crippen LogP contribution in [0.3, 0.4) is 0 Å². The molecule has 0 aromatic heterocycles. The Morgan fingerprint density at radius 3 is 2.14 bits per heavy atom. The normalized spacial score (nSPS) is 14.2. The molecule has 0 bridgehead atoms. The summed E-state index contributed by atoms with van der Waals surface area (Å²) in [5.74, 6) is -1.35. The molecule has 0 unspecified atom stereocenters. The van der Waals surface area contributed by atoms with E-state index in [9.17, 15) is 14.7 Å². The highest BCUT2D eigenvalue weighted by atomic mass is 16.4. The minimum atomic E-state index is -1.30. The fourth-order valence-corrected chi connectivity index (χ4v) is 4.12. The van der Waals surface area contributed by atoms with Gasteiger partial charge in [0.1, 0.15) is 5.54 Å². The first-order valence-electron chi connectivity index (χ1n) is 9.83. The lowest BCUT2D eigenvalue weighted by atomic mass is 9.93. The summed E-state index contributed by atoms with van der Waals surface area (Å²) in [6, 6.07) is 23.3. The number of carboxylic acid groups (broad SMARTS) is 1. The quantitative estimate of drug-likeness (QED) is 0.689. The van der Waals surface area contributed by atoms with E-state index in [2.05, 4.69) is 12.2 Å². The second-order valence-corrected chi connectivity index (χ2v) is 7.56. The molecule has 4 nitrogen and oxygen atoms in total. The lowest BCUT2D eigenvalue weighted by Crippen LogP contribution is -2.55. The molecular weight excluding hydrogens is 362 g/mol. The van der Waals surface area contributed by atoms with E-state index in [1.165, 1.54) is 0 Å². The predicted molar refractivity (Wildman–Crippen MR) is 113 cm³/mol. The average Bonchev–Trinajstić information content (AvgIpc) is 3.13. The first-order valence-corrected chi connectivity index (χ1v) is 9.83. The van der Waals surface area contributed by atoms with Crippen molar-refractivity contribution in [3.05, 3.63) is 95.1 Å². The minimum Gasteiger partial charge on any atom is -0.479 e. The third-order valence-electron chi connectivity index (χ3n) is 5.70. The summed E-state index contributed by atoms with van der Waals surface area (Å²) in [5.41, 5.74) is 4.38. The van der Waals surface area contributed by atoms with E-state index >= 15 is 0 Å². The van der Waals surface area contributed by atoms with Crippen LogP contribution in [0, 0.1) is 0 Å². The number of carbonyl (C=O) groups is 2. The number of aryl methyl sites for hydroxylation is 1. The van der Waals surface area contributed by atoms with Crippen LogP contribution in [-0.2, 0) is 24.1 Å². The largest absolute Gasteiger partial charge is 0.479 e. The number of carboxylic acids is 1. The van der Waals surface area contributed by atoms with Gasteiger partial charge in [0.25, 0.3) is 5.91 Å². The molecule has 146 valence electrons. The third kappa shape index (κ3) is 3.54. The summed E-state index contributed by atoms with van der Waals surface area (Å²) in [5, 5.41) is 12.7. The van der Waals surface area contributed by atoms with Crippen molar-refractivity contribution in [3.63, 3.8) is 0 Å². The van der Waals surface area contributed by atoms with Crippen molar-refractivity contribution in [2.75, 3.05) is 0 Å². The second-order valence-electron chi connectivity index (χ2n) is 7.56. The van der Waals surface area contributed by atoms with Gasteiger partial charge >= 0.3 is 5.97 Å². The van der Waals surface area contributed by atoms with Crippen LogP contribution in [0.5, 0.6) is 0 Å². The van der Waals surface area contributed by atoms with Crippen LogP contribution in [0.2, 0.25) is 0 Å². The Kier molecular flexibility index (Phi) is 4.93. The molecule has 0 aliphatic heterocycles. The molecule has 0 radical (unpaired) electrons. The average molecular weight is 385 g/mol. The summed E-state index contributed by atoms with van der Waals surface area (Å²) in [4.78, 5) is 25.1. The summed E-state index contributed by atoms with van der Waals surface area (Å²) in [6.45, 7) is 2.05. The highest BCUT2D eigenvalue weighted by Gasteiger charge is 2.45. The molecule has 0 spiro atoms. The summed E-state index contributed by atoms with van der Waals surface area (Å²) in [7, 11) is 0. The molecule has 1 aliphatic rings. The predicted octanol–water partition coefficient (Wildman–Crippen LogP) is 4.27. The SMILES string of the molecule is CCc1cc(C(=O)NC2(C(=O)O)Cc3ccccc3C2)ccc1-c1ccccc1. The van der Waals surface area contributed by atoms with Crippen molar-refractivity contribution in [1.29, 1.82) is 0 Å². The van der Waals surface area contributed by atoms with Crippen LogP contribution in [0.1, 0.15) is 34.0 Å². The zero-order chi connectivity index (χ0) is 20.4. The highest BCUT2D eigenvalue weighted by Crippen LogP contribution is 2.31. The molecular formula is C25H23NO3. The van der Waals surface area contributed by atoms with E-state index in [-0.39, 0.29) is 5.91 Å². The van der Waals surface area contributed by atoms with Crippen molar-refractivity contribution in [2.24, 2.45) is 0 Å². The Morgan fingerprint density at radius 1 is 0.931 bits per heavy atom. The molecule has 0 saturated carbocycles. The van der Waals surface area contributed by atoms with Crippen molar-refractivity contribution in [1.82, 2.24) is 5.32 Å². The molecule has 29 heavy (non-hydrogen) atoms. The van der Waals surface area contributed by atoms with Gasteiger partial charge in [0.15, 0.2) is 0 Å². The van der Waals surface area contributed by atoms with Gasteiger partial charge in [-0.15, -0.1) is 0 Å². The maximum Gasteiger partial charge on any atom is 0.330 e. The van der Waals surface area contributed by atoms with Gasteiger partial charge in [-0.05, 0) is 46.4 Å². The molecule has 0 saturated heterocycles. The number of rotatable bonds is 5. The third-order valence-corrected chi connectivity index (χ3v) is 5.70. The van der Waals surface area contributed by atoms with Gasteiger partial charge in [0, 0.05) is 18.4 Å². The summed E-state index contributed by atoms with van der Waals surface area (Å²) >= 11 is 0. The van der Waals surface area contributed by atoms with Crippen LogP contribution in [0.4, 0.5) is 0 Å². The number of hydrogen-bond acceptors (Lipinski definition) is 2. The van der Waals surface area contributed by atoms with Gasteiger partial charge in [0.2, 0.25) is 0 Å². The minimum absolute atomic E-state index is 0.299. The number of fused-ring (bicyclic) bond motifs is 1. The van der Waals surface area contributed by atoms with E-state index in [0.717, 1.165) is 34.2 Å². The molecule has 0 fully saturated rings. The van der Waals surface area contributed by atoms with Crippen molar-refractivity contribution < 1.29 is 14.7 Å². The van der Waals surface area contributed by atoms with Crippen LogP contribution < -0.4 is 5.32 Å². The Hall–Kier alpha value is -3.40. The van der Waals surface area contributed by atoms with Gasteiger partial charge in [-0.2, -0.15) is 0 Å². The first kappa shape index (κ1) is 18.9. The second kappa shape index (κ2) is 7.55. The fraction of sp³-hybridized carbons (Fsp3) is 0.200. The molecule has 4 heteroatoms. The summed E-state index contributed by atoms with van der Waals surface area (Å²) < 4.78 is 0. The van der Waals surface area contributed by atoms with E-state index in [1.807, 2.05) is 66.7 Å². The Balaban J connectivity index is 1.62. The van der Waals surface area contributed by atoms with Gasteiger partial charge < -0.3 is 10.4 Å². The first-order chi connectivity index (χ1) is 14.0. The number of carbonyl (C=O) groups excluding carboxylic acids is 1. The van der Waals surface area contributed by atoms with E-state index < -0.39 is 11.5 Å². The maximum absolute atomic E-state index is 13.0. The maximum atomic E-state index is 13.0. The standard InChI is InChI=1S/C25H23NO3/c1-2-17-14-19(12-13-22(17)18-8-4-3-5-9-18)23(27)26-25(24(28)29)15-20-10-6-7-11-21(20)16-25/h3-14H,2,15-16H2,1H3,(H,26,27)(H,28,29). The van der Waals surface area contributed by atoms with Crippen molar-refractivity contribution >= 4 is 11.9 Å². The number of hydrogen-bond donors (Lipinski definition) is 2. The zero-order valence-electron chi connectivity index (χ0n) is 16.3. The number of benzene rings is 3. The molecule has 4 rings (SSSR count). The van der Waals surface area contributed by atoms with Gasteiger partial charge in [0.05, 0.1) is 0 Å². The van der Waals surface area contributed by atoms with Crippen LogP contribution in [-0.4, -0.2) is 22.5 Å².